The van der Waals surface area contributed by atoms with Gasteiger partial charge in [-0.2, -0.15) is 17.9 Å². The van der Waals surface area contributed by atoms with E-state index in [9.17, 15) is 8.42 Å². The maximum atomic E-state index is 11.6. The first-order valence-electron chi connectivity index (χ1n) is 5.20. The Kier molecular flexibility index (Phi) is 3.45. The molecule has 4 N–H and O–H groups in total. The number of rotatable bonds is 4. The van der Waals surface area contributed by atoms with Gasteiger partial charge in [0, 0.05) is 18.1 Å². The molecule has 1 aliphatic rings. The molecule has 1 aliphatic carbocycles. The van der Waals surface area contributed by atoms with Crippen LogP contribution in [0.1, 0.15) is 34.1 Å². The molecule has 0 aromatic rings. The number of nitrogens with two attached hydrogens (primary N) is 1. The predicted octanol–water partition coefficient (Wildman–Crippen LogP) is -0.0554. The van der Waals surface area contributed by atoms with Gasteiger partial charge in [-0.25, -0.2) is 0 Å². The first kappa shape index (κ1) is 12.9. The van der Waals surface area contributed by atoms with E-state index in [-0.39, 0.29) is 23.5 Å². The highest BCUT2D eigenvalue weighted by Gasteiger charge is 2.47. The lowest BCUT2D eigenvalue weighted by Crippen LogP contribution is -2.65. The molecule has 15 heavy (non-hydrogen) atoms. The van der Waals surface area contributed by atoms with Gasteiger partial charge in [-0.1, -0.05) is 13.8 Å². The maximum absolute atomic E-state index is 11.6. The van der Waals surface area contributed by atoms with Crippen molar-refractivity contribution in [1.29, 1.82) is 0 Å². The lowest BCUT2D eigenvalue weighted by atomic mass is 9.64. The van der Waals surface area contributed by atoms with Crippen molar-refractivity contribution in [3.05, 3.63) is 0 Å². The van der Waals surface area contributed by atoms with Crippen LogP contribution in [0, 0.1) is 5.41 Å². The third-order valence-electron chi connectivity index (χ3n) is 3.03. The van der Waals surface area contributed by atoms with Gasteiger partial charge in [-0.05, 0) is 25.7 Å². The molecule has 0 spiro atoms. The summed E-state index contributed by atoms with van der Waals surface area (Å²) in [5, 5.41) is 0. The summed E-state index contributed by atoms with van der Waals surface area (Å²) in [5.41, 5.74) is 5.65. The third kappa shape index (κ3) is 2.90. The molecule has 2 unspecified atom stereocenters. The average molecular weight is 235 g/mol. The molecule has 5 nitrogen and oxygen atoms in total. The van der Waals surface area contributed by atoms with Crippen molar-refractivity contribution >= 4 is 10.2 Å². The van der Waals surface area contributed by atoms with Crippen LogP contribution >= 0.6 is 0 Å². The van der Waals surface area contributed by atoms with Crippen molar-refractivity contribution < 1.29 is 8.42 Å². The molecule has 0 heterocycles. The Bertz CT molecular complexity index is 324. The molecule has 0 amide bonds. The zero-order chi connectivity index (χ0) is 11.9. The van der Waals surface area contributed by atoms with Crippen LogP contribution in [-0.2, 0) is 10.2 Å². The van der Waals surface area contributed by atoms with E-state index in [1.807, 2.05) is 13.8 Å². The Morgan fingerprint density at radius 3 is 2.27 bits per heavy atom. The van der Waals surface area contributed by atoms with Crippen LogP contribution in [-0.4, -0.2) is 26.5 Å². The summed E-state index contributed by atoms with van der Waals surface area (Å²) in [6, 6.07) is -0.0904. The normalized spacial score (nSPS) is 30.3. The summed E-state index contributed by atoms with van der Waals surface area (Å²) in [6.45, 7) is 7.53. The van der Waals surface area contributed by atoms with Crippen LogP contribution in [0.15, 0.2) is 0 Å². The highest BCUT2D eigenvalue weighted by atomic mass is 32.2. The molecule has 90 valence electrons. The van der Waals surface area contributed by atoms with E-state index in [1.54, 1.807) is 13.8 Å². The second kappa shape index (κ2) is 4.01. The fourth-order valence-corrected chi connectivity index (χ4v) is 3.15. The van der Waals surface area contributed by atoms with Gasteiger partial charge in [0.1, 0.15) is 0 Å². The first-order valence-corrected chi connectivity index (χ1v) is 6.68. The molecule has 6 heteroatoms. The predicted molar refractivity (Wildman–Crippen MR) is 60.5 cm³/mol. The highest BCUT2D eigenvalue weighted by molar-refractivity contribution is 7.87. The Balaban J connectivity index is 2.57. The van der Waals surface area contributed by atoms with Crippen molar-refractivity contribution in [2.75, 3.05) is 0 Å². The molecular weight excluding hydrogens is 214 g/mol. The SMILES string of the molecule is CC(C)NS(=O)(=O)NC1CC(N)C1(C)C. The van der Waals surface area contributed by atoms with Crippen molar-refractivity contribution in [3.8, 4) is 0 Å². The lowest BCUT2D eigenvalue weighted by molar-refractivity contribution is 0.0900. The third-order valence-corrected chi connectivity index (χ3v) is 4.41. The van der Waals surface area contributed by atoms with E-state index in [0.29, 0.717) is 6.42 Å². The number of hydrogen-bond acceptors (Lipinski definition) is 3. The molecule has 1 fully saturated rings. The van der Waals surface area contributed by atoms with Crippen LogP contribution in [0.3, 0.4) is 0 Å². The van der Waals surface area contributed by atoms with Crippen molar-refractivity contribution in [3.63, 3.8) is 0 Å². The van der Waals surface area contributed by atoms with Gasteiger partial charge in [-0.3, -0.25) is 0 Å². The summed E-state index contributed by atoms with van der Waals surface area (Å²) in [7, 11) is -3.39. The Hall–Kier alpha value is -0.170. The average Bonchev–Trinajstić information content (AvgIpc) is 2.00. The van der Waals surface area contributed by atoms with Gasteiger partial charge in [0.15, 0.2) is 0 Å². The fraction of sp³-hybridized carbons (Fsp3) is 1.00. The van der Waals surface area contributed by atoms with Gasteiger partial charge in [0.25, 0.3) is 10.2 Å². The monoisotopic (exact) mass is 235 g/mol. The lowest BCUT2D eigenvalue weighted by Gasteiger charge is -2.50. The van der Waals surface area contributed by atoms with Crippen molar-refractivity contribution in [2.24, 2.45) is 11.1 Å². The molecule has 0 bridgehead atoms. The topological polar surface area (TPSA) is 84.2 Å². The van der Waals surface area contributed by atoms with E-state index in [2.05, 4.69) is 9.44 Å². The second-order valence-electron chi connectivity index (χ2n) is 5.11. The van der Waals surface area contributed by atoms with Gasteiger partial charge < -0.3 is 5.73 Å². The van der Waals surface area contributed by atoms with Gasteiger partial charge in [0.2, 0.25) is 0 Å². The fourth-order valence-electron chi connectivity index (χ4n) is 1.69. The largest absolute Gasteiger partial charge is 0.327 e. The van der Waals surface area contributed by atoms with Crippen LogP contribution in [0.25, 0.3) is 0 Å². The zero-order valence-electron chi connectivity index (χ0n) is 9.74. The summed E-state index contributed by atoms with van der Waals surface area (Å²) < 4.78 is 28.3. The Labute approximate surface area is 92.0 Å². The van der Waals surface area contributed by atoms with Crippen molar-refractivity contribution in [1.82, 2.24) is 9.44 Å². The van der Waals surface area contributed by atoms with Crippen LogP contribution in [0.2, 0.25) is 0 Å². The molecule has 0 radical (unpaired) electrons. The van der Waals surface area contributed by atoms with Crippen LogP contribution in [0.4, 0.5) is 0 Å². The molecule has 0 saturated heterocycles. The summed E-state index contributed by atoms with van der Waals surface area (Å²) >= 11 is 0. The van der Waals surface area contributed by atoms with E-state index in [4.69, 9.17) is 5.73 Å². The van der Waals surface area contributed by atoms with Gasteiger partial charge in [0.05, 0.1) is 0 Å². The van der Waals surface area contributed by atoms with Crippen LogP contribution in [0.5, 0.6) is 0 Å². The van der Waals surface area contributed by atoms with Crippen molar-refractivity contribution in [2.45, 2.75) is 52.2 Å². The Morgan fingerprint density at radius 2 is 1.93 bits per heavy atom. The standard InChI is InChI=1S/C9H21N3O2S/c1-6(2)11-15(13,14)12-8-5-7(10)9(8,3)4/h6-8,11-12H,5,10H2,1-4H3. The zero-order valence-corrected chi connectivity index (χ0v) is 10.6. The summed E-state index contributed by atoms with van der Waals surface area (Å²) in [6.07, 6.45) is 0.700. The molecule has 1 saturated carbocycles. The second-order valence-corrected chi connectivity index (χ2v) is 6.59. The summed E-state index contributed by atoms with van der Waals surface area (Å²) in [4.78, 5) is 0. The molecular formula is C9H21N3O2S. The molecule has 2 atom stereocenters. The number of nitrogens with one attached hydrogen (secondary N) is 2. The molecule has 0 aromatic heterocycles. The van der Waals surface area contributed by atoms with E-state index >= 15 is 0 Å². The maximum Gasteiger partial charge on any atom is 0.277 e. The minimum absolute atomic E-state index is 0.0660. The van der Waals surface area contributed by atoms with Gasteiger partial charge in [-0.15, -0.1) is 0 Å². The molecule has 0 aliphatic heterocycles. The van der Waals surface area contributed by atoms with Gasteiger partial charge >= 0.3 is 0 Å². The van der Waals surface area contributed by atoms with E-state index < -0.39 is 10.2 Å². The first-order chi connectivity index (χ1) is 6.65. The quantitative estimate of drug-likeness (QED) is 0.638. The van der Waals surface area contributed by atoms with Crippen LogP contribution < -0.4 is 15.2 Å². The Morgan fingerprint density at radius 1 is 1.40 bits per heavy atom. The smallest absolute Gasteiger partial charge is 0.277 e. The molecule has 1 rings (SSSR count). The molecule has 0 aromatic carbocycles. The highest BCUT2D eigenvalue weighted by Crippen LogP contribution is 2.39. The number of hydrogen-bond donors (Lipinski definition) is 3. The minimum Gasteiger partial charge on any atom is -0.327 e. The van der Waals surface area contributed by atoms with E-state index in [1.165, 1.54) is 0 Å². The van der Waals surface area contributed by atoms with E-state index in [0.717, 1.165) is 0 Å². The summed E-state index contributed by atoms with van der Waals surface area (Å²) in [5.74, 6) is 0. The minimum atomic E-state index is -3.39.